The van der Waals surface area contributed by atoms with Gasteiger partial charge >= 0.3 is 0 Å². The molecule has 0 radical (unpaired) electrons. The molecule has 2 aromatic heterocycles. The second-order valence-electron chi connectivity index (χ2n) is 4.88. The molecule has 2 heterocycles. The van der Waals surface area contributed by atoms with Gasteiger partial charge < -0.3 is 9.55 Å². The number of hydrogen-bond acceptors (Lipinski definition) is 2. The van der Waals surface area contributed by atoms with Gasteiger partial charge in [-0.15, -0.1) is 0 Å². The number of nitrogens with zero attached hydrogens (tertiary/aromatic N) is 2. The van der Waals surface area contributed by atoms with E-state index in [2.05, 4.69) is 16.9 Å². The van der Waals surface area contributed by atoms with E-state index in [1.54, 1.807) is 13.1 Å². The third-order valence-corrected chi connectivity index (χ3v) is 3.85. The average Bonchev–Trinajstić information content (AvgIpc) is 2.75. The number of halogens is 1. The summed E-state index contributed by atoms with van der Waals surface area (Å²) < 4.78 is 16.2. The number of hydrogen-bond donors (Lipinski definition) is 1. The van der Waals surface area contributed by atoms with Gasteiger partial charge in [0.25, 0.3) is 0 Å². The third-order valence-electron chi connectivity index (χ3n) is 3.55. The Kier molecular flexibility index (Phi) is 3.14. The van der Waals surface area contributed by atoms with E-state index in [0.717, 1.165) is 11.1 Å². The van der Waals surface area contributed by atoms with Crippen LogP contribution in [-0.4, -0.2) is 14.5 Å². The normalized spacial score (nSPS) is 12.8. The first kappa shape index (κ1) is 13.0. The zero-order valence-corrected chi connectivity index (χ0v) is 12.0. The van der Waals surface area contributed by atoms with Crippen LogP contribution in [0.1, 0.15) is 24.1 Å². The number of rotatable bonds is 2. The predicted molar refractivity (Wildman–Crippen MR) is 79.9 cm³/mol. The summed E-state index contributed by atoms with van der Waals surface area (Å²) >= 11 is 5.38. The van der Waals surface area contributed by atoms with Crippen molar-refractivity contribution in [2.45, 2.75) is 19.9 Å². The summed E-state index contributed by atoms with van der Waals surface area (Å²) in [7, 11) is 0. The molecular formula is C15H14FN3S. The van der Waals surface area contributed by atoms with Crippen LogP contribution in [0.25, 0.3) is 11.0 Å². The number of aromatic amines is 1. The van der Waals surface area contributed by atoms with E-state index in [0.29, 0.717) is 15.9 Å². The van der Waals surface area contributed by atoms with Crippen LogP contribution in [0.4, 0.5) is 4.39 Å². The Morgan fingerprint density at radius 3 is 2.90 bits per heavy atom. The van der Waals surface area contributed by atoms with Crippen LogP contribution < -0.4 is 0 Å². The molecule has 0 aliphatic heterocycles. The van der Waals surface area contributed by atoms with Crippen molar-refractivity contribution >= 4 is 23.3 Å². The molecule has 0 saturated heterocycles. The Labute approximate surface area is 121 Å². The molecule has 3 nitrogen and oxygen atoms in total. The quantitative estimate of drug-likeness (QED) is 0.718. The number of aromatic nitrogens is 3. The van der Waals surface area contributed by atoms with Gasteiger partial charge in [-0.2, -0.15) is 0 Å². The van der Waals surface area contributed by atoms with Crippen LogP contribution in [0.15, 0.2) is 36.7 Å². The van der Waals surface area contributed by atoms with E-state index in [4.69, 9.17) is 12.2 Å². The highest BCUT2D eigenvalue weighted by atomic mass is 32.1. The fourth-order valence-electron chi connectivity index (χ4n) is 2.41. The van der Waals surface area contributed by atoms with Crippen LogP contribution >= 0.6 is 12.2 Å². The zero-order valence-electron chi connectivity index (χ0n) is 11.2. The van der Waals surface area contributed by atoms with Gasteiger partial charge in [-0.3, -0.25) is 4.98 Å². The molecular weight excluding hydrogens is 273 g/mol. The molecule has 1 aromatic carbocycles. The Bertz CT molecular complexity index is 820. The summed E-state index contributed by atoms with van der Waals surface area (Å²) in [4.78, 5) is 7.20. The minimum Gasteiger partial charge on any atom is -0.330 e. The maximum atomic E-state index is 13.6. The lowest BCUT2D eigenvalue weighted by Crippen LogP contribution is -2.07. The van der Waals surface area contributed by atoms with Gasteiger partial charge in [0.05, 0.1) is 17.1 Å². The van der Waals surface area contributed by atoms with Gasteiger partial charge in [0, 0.05) is 12.4 Å². The van der Waals surface area contributed by atoms with Crippen LogP contribution in [0, 0.1) is 17.5 Å². The van der Waals surface area contributed by atoms with E-state index < -0.39 is 0 Å². The van der Waals surface area contributed by atoms with E-state index >= 15 is 0 Å². The topological polar surface area (TPSA) is 33.6 Å². The Morgan fingerprint density at radius 2 is 2.20 bits per heavy atom. The van der Waals surface area contributed by atoms with Gasteiger partial charge in [-0.25, -0.2) is 4.39 Å². The van der Waals surface area contributed by atoms with Gasteiger partial charge in [0.1, 0.15) is 5.82 Å². The molecule has 0 amide bonds. The second-order valence-corrected chi connectivity index (χ2v) is 5.27. The lowest BCUT2D eigenvalue weighted by molar-refractivity contribution is 0.619. The highest BCUT2D eigenvalue weighted by molar-refractivity contribution is 7.71. The zero-order chi connectivity index (χ0) is 14.3. The Balaban J connectivity index is 2.24. The average molecular weight is 287 g/mol. The lowest BCUT2D eigenvalue weighted by atomic mass is 10.1. The summed E-state index contributed by atoms with van der Waals surface area (Å²) in [5.74, 6) is -0.227. The highest BCUT2D eigenvalue weighted by Gasteiger charge is 2.14. The number of pyridine rings is 1. The van der Waals surface area contributed by atoms with E-state index in [1.165, 1.54) is 6.07 Å². The monoisotopic (exact) mass is 287 g/mol. The molecule has 102 valence electrons. The van der Waals surface area contributed by atoms with Gasteiger partial charge in [0.2, 0.25) is 0 Å². The minimum absolute atomic E-state index is 0.0369. The van der Waals surface area contributed by atoms with Crippen molar-refractivity contribution in [3.05, 3.63) is 58.4 Å². The fraction of sp³-hybridized carbons (Fsp3) is 0.200. The van der Waals surface area contributed by atoms with Crippen molar-refractivity contribution in [1.82, 2.24) is 14.5 Å². The van der Waals surface area contributed by atoms with Crippen LogP contribution in [0.5, 0.6) is 0 Å². The number of H-pyrrole nitrogens is 1. The fourth-order valence-corrected chi connectivity index (χ4v) is 2.77. The van der Waals surface area contributed by atoms with Crippen molar-refractivity contribution in [3.63, 3.8) is 0 Å². The van der Waals surface area contributed by atoms with Gasteiger partial charge in [-0.05, 0) is 55.4 Å². The minimum atomic E-state index is -0.227. The van der Waals surface area contributed by atoms with E-state index in [1.807, 2.05) is 29.0 Å². The second kappa shape index (κ2) is 4.83. The molecule has 0 saturated carbocycles. The molecule has 1 unspecified atom stereocenters. The highest BCUT2D eigenvalue weighted by Crippen LogP contribution is 2.25. The summed E-state index contributed by atoms with van der Waals surface area (Å²) in [6.07, 6.45) is 3.56. The molecule has 0 bridgehead atoms. The number of aryl methyl sites for hydroxylation is 1. The lowest BCUT2D eigenvalue weighted by Gasteiger charge is -2.14. The number of benzene rings is 1. The van der Waals surface area contributed by atoms with Crippen LogP contribution in [0.3, 0.4) is 0 Å². The molecule has 0 spiro atoms. The smallest absolute Gasteiger partial charge is 0.178 e. The first-order valence-electron chi connectivity index (χ1n) is 6.38. The standard InChI is InChI=1S/C15H14FN3S/c1-9-6-14-13(7-12(9)16)18-15(20)19(14)10(2)11-4-3-5-17-8-11/h3-8,10H,1-2H3,(H,18,20). The van der Waals surface area contributed by atoms with Gasteiger partial charge in [0.15, 0.2) is 4.77 Å². The first-order valence-corrected chi connectivity index (χ1v) is 6.79. The maximum absolute atomic E-state index is 13.6. The van der Waals surface area contributed by atoms with E-state index in [-0.39, 0.29) is 11.9 Å². The van der Waals surface area contributed by atoms with Crippen molar-refractivity contribution in [2.75, 3.05) is 0 Å². The molecule has 20 heavy (non-hydrogen) atoms. The van der Waals surface area contributed by atoms with Crippen molar-refractivity contribution in [2.24, 2.45) is 0 Å². The van der Waals surface area contributed by atoms with E-state index in [9.17, 15) is 4.39 Å². The van der Waals surface area contributed by atoms with Crippen molar-refractivity contribution < 1.29 is 4.39 Å². The Morgan fingerprint density at radius 1 is 1.40 bits per heavy atom. The summed E-state index contributed by atoms with van der Waals surface area (Å²) in [5, 5.41) is 0. The summed E-state index contributed by atoms with van der Waals surface area (Å²) in [6, 6.07) is 7.26. The molecule has 1 N–H and O–H groups in total. The summed E-state index contributed by atoms with van der Waals surface area (Å²) in [6.45, 7) is 3.81. The van der Waals surface area contributed by atoms with Gasteiger partial charge in [-0.1, -0.05) is 6.07 Å². The number of nitrogens with one attached hydrogen (secondary N) is 1. The van der Waals surface area contributed by atoms with Crippen LogP contribution in [-0.2, 0) is 0 Å². The van der Waals surface area contributed by atoms with Crippen molar-refractivity contribution in [3.8, 4) is 0 Å². The molecule has 1 atom stereocenters. The van der Waals surface area contributed by atoms with Crippen molar-refractivity contribution in [1.29, 1.82) is 0 Å². The van der Waals surface area contributed by atoms with Crippen LogP contribution in [0.2, 0.25) is 0 Å². The predicted octanol–water partition coefficient (Wildman–Crippen LogP) is 4.15. The SMILES string of the molecule is Cc1cc2c(cc1F)[nH]c(=S)n2C(C)c1cccnc1. The summed E-state index contributed by atoms with van der Waals surface area (Å²) in [5.41, 5.74) is 3.30. The molecule has 3 rings (SSSR count). The molecule has 0 aliphatic rings. The first-order chi connectivity index (χ1) is 9.58. The number of fused-ring (bicyclic) bond motifs is 1. The maximum Gasteiger partial charge on any atom is 0.178 e. The molecule has 0 aliphatic carbocycles. The number of imidazole rings is 1. The molecule has 0 fully saturated rings. The third kappa shape index (κ3) is 2.04. The molecule has 5 heteroatoms. The largest absolute Gasteiger partial charge is 0.330 e. The Hall–Kier alpha value is -2.01. The molecule has 3 aromatic rings.